The van der Waals surface area contributed by atoms with Crippen LogP contribution in [0, 0.1) is 11.7 Å². The summed E-state index contributed by atoms with van der Waals surface area (Å²) in [6.07, 6.45) is 0.762. The third-order valence-corrected chi connectivity index (χ3v) is 3.84. The normalized spacial score (nSPS) is 14.3. The summed E-state index contributed by atoms with van der Waals surface area (Å²) in [5.41, 5.74) is 5.90. The van der Waals surface area contributed by atoms with Gasteiger partial charge in [0.1, 0.15) is 17.9 Å². The average Bonchev–Trinajstić information content (AvgIpc) is 2.50. The fraction of sp³-hybridized carbons (Fsp3) is 0.471. The number of primary amides is 1. The smallest absolute Gasteiger partial charge is 0.243 e. The minimum atomic E-state index is -0.921. The van der Waals surface area contributed by atoms with Crippen LogP contribution in [-0.4, -0.2) is 29.8 Å². The van der Waals surface area contributed by atoms with Gasteiger partial charge in [0.15, 0.2) is 0 Å². The van der Waals surface area contributed by atoms with Crippen LogP contribution in [-0.2, 0) is 20.8 Å². The van der Waals surface area contributed by atoms with Gasteiger partial charge in [-0.2, -0.15) is 0 Å². The van der Waals surface area contributed by atoms with Crippen LogP contribution >= 0.6 is 0 Å². The number of nitrogens with two attached hydrogens (primary N) is 1. The van der Waals surface area contributed by atoms with Crippen molar-refractivity contribution >= 4 is 17.7 Å². The fourth-order valence-corrected chi connectivity index (χ4v) is 2.34. The van der Waals surface area contributed by atoms with Gasteiger partial charge in [-0.15, -0.1) is 0 Å². The summed E-state index contributed by atoms with van der Waals surface area (Å²) in [5, 5.41) is 5.11. The lowest BCUT2D eigenvalue weighted by Crippen LogP contribution is -2.55. The van der Waals surface area contributed by atoms with Crippen LogP contribution in [0.4, 0.5) is 4.39 Å². The predicted octanol–water partition coefficient (Wildman–Crippen LogP) is 0.889. The highest BCUT2D eigenvalue weighted by Gasteiger charge is 2.28. The molecule has 4 N–H and O–H groups in total. The second kappa shape index (κ2) is 9.00. The molecule has 24 heavy (non-hydrogen) atoms. The summed E-state index contributed by atoms with van der Waals surface area (Å²) in [5.74, 6) is -2.13. The Morgan fingerprint density at radius 1 is 1.25 bits per heavy atom. The predicted molar refractivity (Wildman–Crippen MR) is 88.3 cm³/mol. The quantitative estimate of drug-likeness (QED) is 0.656. The highest BCUT2D eigenvalue weighted by atomic mass is 19.1. The number of nitrogens with one attached hydrogen (secondary N) is 2. The Kier molecular flexibility index (Phi) is 7.35. The van der Waals surface area contributed by atoms with E-state index in [1.165, 1.54) is 25.1 Å². The van der Waals surface area contributed by atoms with E-state index < -0.39 is 35.6 Å². The monoisotopic (exact) mass is 337 g/mol. The molecule has 0 heterocycles. The minimum absolute atomic E-state index is 0.106. The summed E-state index contributed by atoms with van der Waals surface area (Å²) in [6, 6.07) is 4.02. The second-order valence-electron chi connectivity index (χ2n) is 5.86. The molecule has 132 valence electrons. The molecule has 0 aliphatic carbocycles. The number of carbonyl (C=O) groups is 3. The highest BCUT2D eigenvalue weighted by Crippen LogP contribution is 2.10. The van der Waals surface area contributed by atoms with Crippen molar-refractivity contribution in [2.24, 2.45) is 11.7 Å². The van der Waals surface area contributed by atoms with Crippen LogP contribution in [0.25, 0.3) is 0 Å². The van der Waals surface area contributed by atoms with E-state index in [4.69, 9.17) is 5.73 Å². The Bertz CT molecular complexity index is 606. The van der Waals surface area contributed by atoms with Crippen molar-refractivity contribution < 1.29 is 18.8 Å². The maximum atomic E-state index is 13.3. The van der Waals surface area contributed by atoms with Gasteiger partial charge in [-0.25, -0.2) is 4.39 Å². The van der Waals surface area contributed by atoms with Crippen molar-refractivity contribution in [3.8, 4) is 0 Å². The number of hydrogen-bond acceptors (Lipinski definition) is 3. The number of rotatable bonds is 8. The first-order valence-corrected chi connectivity index (χ1v) is 7.85. The van der Waals surface area contributed by atoms with Crippen molar-refractivity contribution in [2.75, 3.05) is 0 Å². The molecule has 0 spiro atoms. The molecule has 1 aromatic rings. The summed E-state index contributed by atoms with van der Waals surface area (Å²) >= 11 is 0. The molecule has 0 radical (unpaired) electrons. The molecule has 3 atom stereocenters. The second-order valence-corrected chi connectivity index (χ2v) is 5.86. The van der Waals surface area contributed by atoms with E-state index in [1.807, 2.05) is 6.92 Å². The summed E-state index contributed by atoms with van der Waals surface area (Å²) in [4.78, 5) is 35.4. The van der Waals surface area contributed by atoms with Crippen molar-refractivity contribution in [3.63, 3.8) is 0 Å². The van der Waals surface area contributed by atoms with E-state index in [1.54, 1.807) is 13.0 Å². The van der Waals surface area contributed by atoms with E-state index in [-0.39, 0.29) is 12.3 Å². The topological polar surface area (TPSA) is 101 Å². The van der Waals surface area contributed by atoms with E-state index in [0.29, 0.717) is 12.0 Å². The summed E-state index contributed by atoms with van der Waals surface area (Å²) < 4.78 is 13.3. The Balaban J connectivity index is 2.91. The van der Waals surface area contributed by atoms with Gasteiger partial charge in [-0.1, -0.05) is 32.4 Å². The molecule has 0 aliphatic heterocycles. The highest BCUT2D eigenvalue weighted by molar-refractivity contribution is 5.91. The van der Waals surface area contributed by atoms with Crippen LogP contribution < -0.4 is 16.4 Å². The first-order valence-electron chi connectivity index (χ1n) is 7.85. The molecule has 0 unspecified atom stereocenters. The molecule has 0 aliphatic rings. The SMILES string of the molecule is CC[C@@H](C)[C@@H](NC(=O)[C@@H](Cc1cccc(F)c1)NC(C)=O)C(N)=O. The van der Waals surface area contributed by atoms with Gasteiger partial charge in [0.2, 0.25) is 17.7 Å². The van der Waals surface area contributed by atoms with E-state index in [0.717, 1.165) is 0 Å². The zero-order chi connectivity index (χ0) is 18.3. The Hall–Kier alpha value is -2.44. The van der Waals surface area contributed by atoms with Gasteiger partial charge < -0.3 is 16.4 Å². The molecule has 3 amide bonds. The molecule has 1 rings (SSSR count). The number of amides is 3. The molecule has 1 aromatic carbocycles. The first kappa shape index (κ1) is 19.6. The number of carbonyl (C=O) groups excluding carboxylic acids is 3. The van der Waals surface area contributed by atoms with Crippen LogP contribution in [0.5, 0.6) is 0 Å². The van der Waals surface area contributed by atoms with Crippen molar-refractivity contribution in [2.45, 2.75) is 45.7 Å². The van der Waals surface area contributed by atoms with Crippen LogP contribution in [0.3, 0.4) is 0 Å². The number of benzene rings is 1. The van der Waals surface area contributed by atoms with Gasteiger partial charge >= 0.3 is 0 Å². The van der Waals surface area contributed by atoms with Crippen molar-refractivity contribution in [3.05, 3.63) is 35.6 Å². The maximum absolute atomic E-state index is 13.3. The fourth-order valence-electron chi connectivity index (χ4n) is 2.34. The molecule has 0 fully saturated rings. The number of hydrogen-bond donors (Lipinski definition) is 3. The Morgan fingerprint density at radius 2 is 1.92 bits per heavy atom. The van der Waals surface area contributed by atoms with E-state index >= 15 is 0 Å². The average molecular weight is 337 g/mol. The Morgan fingerprint density at radius 3 is 2.42 bits per heavy atom. The minimum Gasteiger partial charge on any atom is -0.368 e. The lowest BCUT2D eigenvalue weighted by Gasteiger charge is -2.25. The largest absolute Gasteiger partial charge is 0.368 e. The standard InChI is InChI=1S/C17H24FN3O3/c1-4-10(2)15(16(19)23)21-17(24)14(20-11(3)22)9-12-6-5-7-13(18)8-12/h5-8,10,14-15H,4,9H2,1-3H3,(H2,19,23)(H,20,22)(H,21,24)/t10-,14-,15-/m1/s1. The third-order valence-electron chi connectivity index (χ3n) is 3.84. The number of halogens is 1. The maximum Gasteiger partial charge on any atom is 0.243 e. The van der Waals surface area contributed by atoms with Gasteiger partial charge in [0.25, 0.3) is 0 Å². The zero-order valence-corrected chi connectivity index (χ0v) is 14.1. The molecule has 0 saturated heterocycles. The lowest BCUT2D eigenvalue weighted by molar-refractivity contribution is -0.131. The zero-order valence-electron chi connectivity index (χ0n) is 14.1. The lowest BCUT2D eigenvalue weighted by atomic mass is 9.97. The first-order chi connectivity index (χ1) is 11.2. The molecule has 0 bridgehead atoms. The Labute approximate surface area is 141 Å². The van der Waals surface area contributed by atoms with Gasteiger partial charge in [-0.3, -0.25) is 14.4 Å². The van der Waals surface area contributed by atoms with Gasteiger partial charge in [-0.05, 0) is 23.6 Å². The molecular formula is C17H24FN3O3. The summed E-state index contributed by atoms with van der Waals surface area (Å²) in [6.45, 7) is 4.96. The van der Waals surface area contributed by atoms with Crippen LogP contribution in [0.2, 0.25) is 0 Å². The molecular weight excluding hydrogens is 313 g/mol. The van der Waals surface area contributed by atoms with Gasteiger partial charge in [0, 0.05) is 13.3 Å². The molecule has 0 aromatic heterocycles. The van der Waals surface area contributed by atoms with E-state index in [9.17, 15) is 18.8 Å². The van der Waals surface area contributed by atoms with Crippen LogP contribution in [0.15, 0.2) is 24.3 Å². The summed E-state index contributed by atoms with van der Waals surface area (Å²) in [7, 11) is 0. The van der Waals surface area contributed by atoms with Crippen molar-refractivity contribution in [1.82, 2.24) is 10.6 Å². The van der Waals surface area contributed by atoms with Gasteiger partial charge in [0.05, 0.1) is 0 Å². The van der Waals surface area contributed by atoms with E-state index in [2.05, 4.69) is 10.6 Å². The van der Waals surface area contributed by atoms with Crippen LogP contribution in [0.1, 0.15) is 32.8 Å². The third kappa shape index (κ3) is 5.98. The molecule has 7 heteroatoms. The molecule has 0 saturated carbocycles. The molecule has 6 nitrogen and oxygen atoms in total. The van der Waals surface area contributed by atoms with Crippen molar-refractivity contribution in [1.29, 1.82) is 0 Å².